The van der Waals surface area contributed by atoms with Crippen molar-refractivity contribution in [2.24, 2.45) is 5.92 Å². The molecule has 0 spiro atoms. The fourth-order valence-corrected chi connectivity index (χ4v) is 4.42. The molecule has 0 aromatic heterocycles. The highest BCUT2D eigenvalue weighted by molar-refractivity contribution is 6.74. The fourth-order valence-electron chi connectivity index (χ4n) is 2.13. The van der Waals surface area contributed by atoms with Crippen molar-refractivity contribution >= 4 is 14.3 Å². The summed E-state index contributed by atoms with van der Waals surface area (Å²) < 4.78 is 5.43. The van der Waals surface area contributed by atoms with Gasteiger partial charge in [-0.15, -0.1) is 0 Å². The Morgan fingerprint density at radius 1 is 1.33 bits per heavy atom. The molecule has 1 unspecified atom stereocenters. The first-order valence-corrected chi connectivity index (χ1v) is 8.45. The van der Waals surface area contributed by atoms with Crippen molar-refractivity contribution in [2.45, 2.75) is 25.6 Å². The normalized spacial score (nSPS) is 23.9. The predicted molar refractivity (Wildman–Crippen MR) is 62.0 cm³/mol. The maximum Gasteiger partial charge on any atom is 0.295 e. The SMILES string of the molecule is C[Si]1(C)CC(Cc2ccccc2)C(=O)O1. The van der Waals surface area contributed by atoms with Gasteiger partial charge in [-0.25, -0.2) is 0 Å². The Morgan fingerprint density at radius 3 is 2.53 bits per heavy atom. The van der Waals surface area contributed by atoms with Crippen LogP contribution in [-0.2, 0) is 15.6 Å². The van der Waals surface area contributed by atoms with Gasteiger partial charge in [0.25, 0.3) is 5.97 Å². The molecule has 0 aliphatic carbocycles. The van der Waals surface area contributed by atoms with Crippen LogP contribution in [0.3, 0.4) is 0 Å². The molecule has 1 atom stereocenters. The molecular weight excluding hydrogens is 204 g/mol. The minimum atomic E-state index is -1.67. The summed E-state index contributed by atoms with van der Waals surface area (Å²) in [5.41, 5.74) is 1.23. The number of benzene rings is 1. The topological polar surface area (TPSA) is 26.3 Å². The molecule has 3 heteroatoms. The van der Waals surface area contributed by atoms with Crippen molar-refractivity contribution in [3.8, 4) is 0 Å². The lowest BCUT2D eigenvalue weighted by Gasteiger charge is -2.10. The maximum absolute atomic E-state index is 11.6. The quantitative estimate of drug-likeness (QED) is 0.716. The summed E-state index contributed by atoms with van der Waals surface area (Å²) in [6.07, 6.45) is 0.829. The summed E-state index contributed by atoms with van der Waals surface area (Å²) in [6.45, 7) is 4.21. The van der Waals surface area contributed by atoms with Crippen molar-refractivity contribution in [3.05, 3.63) is 35.9 Å². The summed E-state index contributed by atoms with van der Waals surface area (Å²) in [4.78, 5) is 11.6. The highest BCUT2D eigenvalue weighted by Gasteiger charge is 2.41. The first-order chi connectivity index (χ1) is 7.07. The van der Waals surface area contributed by atoms with E-state index in [9.17, 15) is 4.79 Å². The van der Waals surface area contributed by atoms with Crippen LogP contribution >= 0.6 is 0 Å². The summed E-state index contributed by atoms with van der Waals surface area (Å²) in [5.74, 6) is 0.101. The minimum absolute atomic E-state index is 0.00974. The van der Waals surface area contributed by atoms with Crippen LogP contribution < -0.4 is 0 Å². The van der Waals surface area contributed by atoms with Gasteiger partial charge in [0.1, 0.15) is 0 Å². The molecule has 1 heterocycles. The van der Waals surface area contributed by atoms with E-state index in [4.69, 9.17) is 4.43 Å². The second-order valence-corrected chi connectivity index (χ2v) is 8.90. The molecule has 1 saturated heterocycles. The number of carbonyl (C=O) groups excluding carboxylic acids is 1. The van der Waals surface area contributed by atoms with E-state index in [0.717, 1.165) is 12.5 Å². The Bertz CT molecular complexity index is 359. The van der Waals surface area contributed by atoms with Crippen LogP contribution in [0.15, 0.2) is 30.3 Å². The third-order valence-corrected chi connectivity index (χ3v) is 5.00. The van der Waals surface area contributed by atoms with Crippen LogP contribution in [0.1, 0.15) is 5.56 Å². The Hall–Kier alpha value is -1.09. The number of carbonyl (C=O) groups is 1. The standard InChI is InChI=1S/C12H16O2Si/c1-15(2)9-11(12(13)14-15)8-10-6-4-3-5-7-10/h3-7,11H,8-9H2,1-2H3. The van der Waals surface area contributed by atoms with Crippen LogP contribution in [0.5, 0.6) is 0 Å². The molecule has 0 N–H and O–H groups in total. The Morgan fingerprint density at radius 2 is 2.00 bits per heavy atom. The summed E-state index contributed by atoms with van der Waals surface area (Å²) in [5, 5.41) is 0. The van der Waals surface area contributed by atoms with E-state index in [1.165, 1.54) is 5.56 Å². The van der Waals surface area contributed by atoms with Gasteiger partial charge in [-0.05, 0) is 31.1 Å². The monoisotopic (exact) mass is 220 g/mol. The summed E-state index contributed by atoms with van der Waals surface area (Å²) in [7, 11) is -1.67. The highest BCUT2D eigenvalue weighted by atomic mass is 28.4. The molecule has 0 bridgehead atoms. The van der Waals surface area contributed by atoms with E-state index in [1.807, 2.05) is 18.2 Å². The predicted octanol–water partition coefficient (Wildman–Crippen LogP) is 2.61. The highest BCUT2D eigenvalue weighted by Crippen LogP contribution is 2.30. The van der Waals surface area contributed by atoms with Gasteiger partial charge >= 0.3 is 0 Å². The smallest absolute Gasteiger partial charge is 0.295 e. The number of rotatable bonds is 2. The second-order valence-electron chi connectivity index (χ2n) is 4.77. The van der Waals surface area contributed by atoms with E-state index in [0.29, 0.717) is 0 Å². The van der Waals surface area contributed by atoms with Crippen LogP contribution in [0.4, 0.5) is 0 Å². The van der Waals surface area contributed by atoms with Crippen molar-refractivity contribution in [1.82, 2.24) is 0 Å². The third-order valence-electron chi connectivity index (χ3n) is 2.77. The molecule has 80 valence electrons. The molecule has 2 rings (SSSR count). The summed E-state index contributed by atoms with van der Waals surface area (Å²) in [6, 6.07) is 11.1. The first-order valence-electron chi connectivity index (χ1n) is 5.34. The molecule has 1 aliphatic rings. The molecule has 1 aromatic rings. The molecule has 0 radical (unpaired) electrons. The van der Waals surface area contributed by atoms with Gasteiger partial charge in [-0.1, -0.05) is 30.3 Å². The lowest BCUT2D eigenvalue weighted by molar-refractivity contribution is -0.136. The molecule has 15 heavy (non-hydrogen) atoms. The molecule has 1 aliphatic heterocycles. The molecule has 1 aromatic carbocycles. The van der Waals surface area contributed by atoms with Crippen LogP contribution in [0, 0.1) is 5.92 Å². The van der Waals surface area contributed by atoms with E-state index in [-0.39, 0.29) is 11.9 Å². The van der Waals surface area contributed by atoms with Gasteiger partial charge in [0.15, 0.2) is 0 Å². The molecule has 0 amide bonds. The van der Waals surface area contributed by atoms with Crippen molar-refractivity contribution in [2.75, 3.05) is 0 Å². The van der Waals surface area contributed by atoms with Gasteiger partial charge in [0.05, 0.1) is 5.92 Å². The largest absolute Gasteiger partial charge is 0.519 e. The average molecular weight is 220 g/mol. The zero-order valence-corrected chi connectivity index (χ0v) is 10.2. The fraction of sp³-hybridized carbons (Fsp3) is 0.417. The minimum Gasteiger partial charge on any atom is -0.519 e. The second kappa shape index (κ2) is 3.81. The van der Waals surface area contributed by atoms with Gasteiger partial charge in [-0.2, -0.15) is 0 Å². The number of hydrogen-bond donors (Lipinski definition) is 0. The Kier molecular flexibility index (Phi) is 2.65. The van der Waals surface area contributed by atoms with E-state index < -0.39 is 8.32 Å². The van der Waals surface area contributed by atoms with E-state index in [1.54, 1.807) is 0 Å². The van der Waals surface area contributed by atoms with Crippen LogP contribution in [-0.4, -0.2) is 14.3 Å². The zero-order valence-electron chi connectivity index (χ0n) is 9.19. The summed E-state index contributed by atoms with van der Waals surface area (Å²) >= 11 is 0. The van der Waals surface area contributed by atoms with Crippen molar-refractivity contribution in [1.29, 1.82) is 0 Å². The van der Waals surface area contributed by atoms with Gasteiger partial charge in [-0.3, -0.25) is 4.79 Å². The molecular formula is C12H16O2Si. The third kappa shape index (κ3) is 2.48. The van der Waals surface area contributed by atoms with Crippen LogP contribution in [0.2, 0.25) is 19.1 Å². The average Bonchev–Trinajstić information content (AvgIpc) is 2.41. The molecule has 1 fully saturated rings. The molecule has 2 nitrogen and oxygen atoms in total. The van der Waals surface area contributed by atoms with Gasteiger partial charge in [0, 0.05) is 0 Å². The lowest BCUT2D eigenvalue weighted by Crippen LogP contribution is -2.24. The van der Waals surface area contributed by atoms with Gasteiger partial charge < -0.3 is 4.43 Å². The van der Waals surface area contributed by atoms with Crippen molar-refractivity contribution in [3.63, 3.8) is 0 Å². The van der Waals surface area contributed by atoms with E-state index >= 15 is 0 Å². The van der Waals surface area contributed by atoms with Crippen molar-refractivity contribution < 1.29 is 9.22 Å². The molecule has 0 saturated carbocycles. The van der Waals surface area contributed by atoms with Crippen LogP contribution in [0.25, 0.3) is 0 Å². The first kappa shape index (κ1) is 10.4. The van der Waals surface area contributed by atoms with Gasteiger partial charge in [0.2, 0.25) is 8.32 Å². The van der Waals surface area contributed by atoms with E-state index in [2.05, 4.69) is 25.2 Å². The Labute approximate surface area is 91.4 Å². The Balaban J connectivity index is 2.05. The zero-order chi connectivity index (χ0) is 10.9. The maximum atomic E-state index is 11.6. The number of hydrogen-bond acceptors (Lipinski definition) is 2. The lowest BCUT2D eigenvalue weighted by atomic mass is 10.0.